The van der Waals surface area contributed by atoms with E-state index in [0.29, 0.717) is 5.92 Å². The zero-order valence-corrected chi connectivity index (χ0v) is 11.3. The van der Waals surface area contributed by atoms with Gasteiger partial charge in [-0.05, 0) is 36.0 Å². The molecule has 19 heavy (non-hydrogen) atoms. The van der Waals surface area contributed by atoms with Crippen LogP contribution in [0.25, 0.3) is 11.1 Å². The van der Waals surface area contributed by atoms with E-state index < -0.39 is 0 Å². The molecule has 2 N–H and O–H groups in total. The second-order valence-corrected chi connectivity index (χ2v) is 5.51. The predicted octanol–water partition coefficient (Wildman–Crippen LogP) is 4.98. The van der Waals surface area contributed by atoms with Gasteiger partial charge in [-0.2, -0.15) is 0 Å². The third-order valence-corrected chi connectivity index (χ3v) is 4.24. The molecule has 1 fully saturated rings. The Kier molecular flexibility index (Phi) is 3.54. The van der Waals surface area contributed by atoms with Crippen molar-refractivity contribution >= 4 is 5.69 Å². The smallest absolute Gasteiger partial charge is 0.0396 e. The summed E-state index contributed by atoms with van der Waals surface area (Å²) >= 11 is 0. The van der Waals surface area contributed by atoms with Crippen molar-refractivity contribution in [1.82, 2.24) is 0 Å². The van der Waals surface area contributed by atoms with E-state index in [9.17, 15) is 0 Å². The Bertz CT molecular complexity index is 539. The average molecular weight is 251 g/mol. The van der Waals surface area contributed by atoms with Crippen molar-refractivity contribution in [3.05, 3.63) is 54.1 Å². The van der Waals surface area contributed by atoms with Gasteiger partial charge >= 0.3 is 0 Å². The van der Waals surface area contributed by atoms with Crippen molar-refractivity contribution in [2.75, 3.05) is 5.73 Å². The minimum Gasteiger partial charge on any atom is -0.398 e. The van der Waals surface area contributed by atoms with E-state index in [1.165, 1.54) is 48.8 Å². The third-order valence-electron chi connectivity index (χ3n) is 4.24. The van der Waals surface area contributed by atoms with Gasteiger partial charge in [0, 0.05) is 11.3 Å². The van der Waals surface area contributed by atoms with Gasteiger partial charge in [-0.1, -0.05) is 61.7 Å². The molecule has 0 unspecified atom stereocenters. The van der Waals surface area contributed by atoms with Crippen molar-refractivity contribution in [1.29, 1.82) is 0 Å². The average Bonchev–Trinajstić information content (AvgIpc) is 2.49. The van der Waals surface area contributed by atoms with Crippen LogP contribution in [-0.2, 0) is 0 Å². The topological polar surface area (TPSA) is 26.0 Å². The summed E-state index contributed by atoms with van der Waals surface area (Å²) in [6.45, 7) is 0. The second-order valence-electron chi connectivity index (χ2n) is 5.51. The highest BCUT2D eigenvalue weighted by atomic mass is 14.6. The highest BCUT2D eigenvalue weighted by Gasteiger charge is 2.20. The molecule has 2 aromatic rings. The normalized spacial score (nSPS) is 16.4. The lowest BCUT2D eigenvalue weighted by Crippen LogP contribution is -2.07. The van der Waals surface area contributed by atoms with Gasteiger partial charge in [0.25, 0.3) is 0 Å². The molecule has 0 amide bonds. The van der Waals surface area contributed by atoms with Gasteiger partial charge in [0.1, 0.15) is 0 Å². The van der Waals surface area contributed by atoms with Gasteiger partial charge in [-0.25, -0.2) is 0 Å². The maximum Gasteiger partial charge on any atom is 0.0396 e. The van der Waals surface area contributed by atoms with E-state index in [1.54, 1.807) is 0 Å². The fraction of sp³-hybridized carbons (Fsp3) is 0.333. The maximum absolute atomic E-state index is 6.26. The van der Waals surface area contributed by atoms with E-state index in [2.05, 4.69) is 42.5 Å². The molecule has 3 rings (SSSR count). The standard InChI is InChI=1S/C18H21N/c19-17-13-7-12-16(14-8-3-1-4-9-14)18(17)15-10-5-2-6-11-15/h2,5-7,10-14H,1,3-4,8-9,19H2. The number of nitrogen functional groups attached to an aromatic ring is 1. The van der Waals surface area contributed by atoms with E-state index in [4.69, 9.17) is 5.73 Å². The summed E-state index contributed by atoms with van der Waals surface area (Å²) in [7, 11) is 0. The van der Waals surface area contributed by atoms with Crippen LogP contribution >= 0.6 is 0 Å². The zero-order valence-electron chi connectivity index (χ0n) is 11.3. The summed E-state index contributed by atoms with van der Waals surface area (Å²) in [5.41, 5.74) is 11.1. The van der Waals surface area contributed by atoms with E-state index in [0.717, 1.165) is 5.69 Å². The van der Waals surface area contributed by atoms with Crippen molar-refractivity contribution < 1.29 is 0 Å². The van der Waals surface area contributed by atoms with Crippen molar-refractivity contribution in [3.63, 3.8) is 0 Å². The molecule has 2 aromatic carbocycles. The number of hydrogen-bond acceptors (Lipinski definition) is 1. The molecule has 1 saturated carbocycles. The maximum atomic E-state index is 6.26. The molecule has 0 radical (unpaired) electrons. The SMILES string of the molecule is Nc1cccc(C2CCCCC2)c1-c1ccccc1. The van der Waals surface area contributed by atoms with Crippen LogP contribution in [0.15, 0.2) is 48.5 Å². The molecule has 0 heterocycles. The summed E-state index contributed by atoms with van der Waals surface area (Å²) in [5, 5.41) is 0. The molecule has 1 aliphatic rings. The Morgan fingerprint density at radius 1 is 0.789 bits per heavy atom. The molecule has 0 saturated heterocycles. The summed E-state index contributed by atoms with van der Waals surface area (Å²) in [6.07, 6.45) is 6.72. The van der Waals surface area contributed by atoms with Crippen LogP contribution in [0.1, 0.15) is 43.6 Å². The molecule has 0 spiro atoms. The molecule has 1 heteroatoms. The van der Waals surface area contributed by atoms with Crippen molar-refractivity contribution in [2.24, 2.45) is 0 Å². The monoisotopic (exact) mass is 251 g/mol. The third kappa shape index (κ3) is 2.51. The number of rotatable bonds is 2. The van der Waals surface area contributed by atoms with E-state index >= 15 is 0 Å². The molecule has 1 aliphatic carbocycles. The largest absolute Gasteiger partial charge is 0.398 e. The van der Waals surface area contributed by atoms with Crippen LogP contribution < -0.4 is 5.73 Å². The predicted molar refractivity (Wildman–Crippen MR) is 82.1 cm³/mol. The van der Waals surface area contributed by atoms with Crippen LogP contribution in [-0.4, -0.2) is 0 Å². The Morgan fingerprint density at radius 3 is 2.26 bits per heavy atom. The second kappa shape index (κ2) is 5.48. The summed E-state index contributed by atoms with van der Waals surface area (Å²) < 4.78 is 0. The fourth-order valence-electron chi connectivity index (χ4n) is 3.28. The summed E-state index contributed by atoms with van der Waals surface area (Å²) in [5.74, 6) is 0.687. The fourth-order valence-corrected chi connectivity index (χ4v) is 3.28. The Labute approximate surface area is 115 Å². The van der Waals surface area contributed by atoms with Crippen molar-refractivity contribution in [2.45, 2.75) is 38.0 Å². The zero-order chi connectivity index (χ0) is 13.1. The molecular weight excluding hydrogens is 230 g/mol. The van der Waals surface area contributed by atoms with Crippen LogP contribution in [0.4, 0.5) is 5.69 Å². The van der Waals surface area contributed by atoms with E-state index in [1.807, 2.05) is 6.07 Å². The van der Waals surface area contributed by atoms with Crippen LogP contribution in [0.2, 0.25) is 0 Å². The Balaban J connectivity index is 2.07. The molecule has 0 aliphatic heterocycles. The van der Waals surface area contributed by atoms with Crippen LogP contribution in [0.3, 0.4) is 0 Å². The van der Waals surface area contributed by atoms with Gasteiger partial charge in [-0.15, -0.1) is 0 Å². The van der Waals surface area contributed by atoms with Gasteiger partial charge in [0.2, 0.25) is 0 Å². The first-order chi connectivity index (χ1) is 9.36. The number of benzene rings is 2. The van der Waals surface area contributed by atoms with Crippen molar-refractivity contribution in [3.8, 4) is 11.1 Å². The Morgan fingerprint density at radius 2 is 1.53 bits per heavy atom. The van der Waals surface area contributed by atoms with E-state index in [-0.39, 0.29) is 0 Å². The highest BCUT2D eigenvalue weighted by Crippen LogP contribution is 2.40. The summed E-state index contributed by atoms with van der Waals surface area (Å²) in [4.78, 5) is 0. The minimum absolute atomic E-state index is 0.687. The number of anilines is 1. The van der Waals surface area contributed by atoms with Crippen LogP contribution in [0.5, 0.6) is 0 Å². The summed E-state index contributed by atoms with van der Waals surface area (Å²) in [6, 6.07) is 17.0. The van der Waals surface area contributed by atoms with Crippen LogP contribution in [0, 0.1) is 0 Å². The number of hydrogen-bond donors (Lipinski definition) is 1. The molecule has 1 nitrogen and oxygen atoms in total. The molecule has 0 atom stereocenters. The molecule has 98 valence electrons. The van der Waals surface area contributed by atoms with Gasteiger partial charge in [0.05, 0.1) is 0 Å². The van der Waals surface area contributed by atoms with Gasteiger partial charge in [0.15, 0.2) is 0 Å². The Hall–Kier alpha value is -1.76. The first-order valence-corrected chi connectivity index (χ1v) is 7.30. The lowest BCUT2D eigenvalue weighted by Gasteiger charge is -2.25. The molecule has 0 bridgehead atoms. The quantitative estimate of drug-likeness (QED) is 0.748. The minimum atomic E-state index is 0.687. The highest BCUT2D eigenvalue weighted by molar-refractivity contribution is 5.79. The lowest BCUT2D eigenvalue weighted by atomic mass is 9.80. The first-order valence-electron chi connectivity index (χ1n) is 7.30. The first kappa shape index (κ1) is 12.3. The molecular formula is C18H21N. The van der Waals surface area contributed by atoms with Gasteiger partial charge in [-0.3, -0.25) is 0 Å². The number of nitrogens with two attached hydrogens (primary N) is 1. The molecule has 0 aromatic heterocycles. The lowest BCUT2D eigenvalue weighted by molar-refractivity contribution is 0.444. The van der Waals surface area contributed by atoms with Gasteiger partial charge < -0.3 is 5.73 Å².